The molecule has 4 rings (SSSR count). The highest BCUT2D eigenvalue weighted by atomic mass is 35.5. The van der Waals surface area contributed by atoms with Gasteiger partial charge in [-0.1, -0.05) is 48.0 Å². The summed E-state index contributed by atoms with van der Waals surface area (Å²) in [7, 11) is 0. The van der Waals surface area contributed by atoms with Crippen LogP contribution < -0.4 is 0 Å². The maximum atomic E-state index is 6.01. The molecule has 0 bridgehead atoms. The number of hydrogen-bond acceptors (Lipinski definition) is 1. The van der Waals surface area contributed by atoms with Crippen molar-refractivity contribution in [2.24, 2.45) is 10.9 Å². The van der Waals surface area contributed by atoms with Crippen LogP contribution in [0.1, 0.15) is 48.3 Å². The average Bonchev–Trinajstić information content (AvgIpc) is 2.62. The molecule has 1 fully saturated rings. The maximum absolute atomic E-state index is 6.01. The molecule has 2 heteroatoms. The van der Waals surface area contributed by atoms with Crippen LogP contribution in [0, 0.1) is 5.92 Å². The first kappa shape index (κ1) is 15.0. The summed E-state index contributed by atoms with van der Waals surface area (Å²) >= 11 is 6.01. The van der Waals surface area contributed by atoms with Crippen molar-refractivity contribution >= 4 is 17.3 Å². The van der Waals surface area contributed by atoms with E-state index in [0.717, 1.165) is 18.0 Å². The molecule has 1 aliphatic carbocycles. The minimum Gasteiger partial charge on any atom is -0.288 e. The van der Waals surface area contributed by atoms with Gasteiger partial charge in [-0.2, -0.15) is 0 Å². The summed E-state index contributed by atoms with van der Waals surface area (Å²) in [6, 6.07) is 17.3. The summed E-state index contributed by atoms with van der Waals surface area (Å²) in [4.78, 5) is 4.90. The second-order valence-electron chi connectivity index (χ2n) is 6.77. The van der Waals surface area contributed by atoms with Crippen molar-refractivity contribution in [2.45, 2.75) is 38.0 Å². The number of fused-ring (bicyclic) bond motifs is 1. The van der Waals surface area contributed by atoms with Crippen molar-refractivity contribution < 1.29 is 0 Å². The van der Waals surface area contributed by atoms with Crippen LogP contribution in [0.3, 0.4) is 0 Å². The molecule has 118 valence electrons. The number of hydrogen-bond donors (Lipinski definition) is 0. The van der Waals surface area contributed by atoms with Crippen molar-refractivity contribution in [1.29, 1.82) is 0 Å². The molecule has 1 saturated carbocycles. The highest BCUT2D eigenvalue weighted by molar-refractivity contribution is 6.30. The van der Waals surface area contributed by atoms with Crippen LogP contribution in [0.2, 0.25) is 5.02 Å². The molecule has 1 aliphatic heterocycles. The predicted molar refractivity (Wildman–Crippen MR) is 97.7 cm³/mol. The molecule has 0 unspecified atom stereocenters. The van der Waals surface area contributed by atoms with Crippen molar-refractivity contribution in [3.05, 3.63) is 70.2 Å². The third kappa shape index (κ3) is 3.07. The number of rotatable bonds is 2. The van der Waals surface area contributed by atoms with E-state index in [9.17, 15) is 0 Å². The Bertz CT molecular complexity index is 709. The molecule has 0 spiro atoms. The van der Waals surface area contributed by atoms with E-state index < -0.39 is 0 Å². The van der Waals surface area contributed by atoms with Gasteiger partial charge in [-0.25, -0.2) is 0 Å². The number of benzene rings is 2. The van der Waals surface area contributed by atoms with E-state index in [0.29, 0.717) is 11.8 Å². The van der Waals surface area contributed by atoms with Crippen molar-refractivity contribution in [1.82, 2.24) is 0 Å². The molecule has 0 aromatic heterocycles. The molecule has 1 nitrogen and oxygen atoms in total. The molecular formula is C21H22ClN. The van der Waals surface area contributed by atoms with E-state index in [1.165, 1.54) is 48.1 Å². The maximum Gasteiger partial charge on any atom is 0.0454 e. The molecule has 2 aliphatic rings. The lowest BCUT2D eigenvalue weighted by Crippen LogP contribution is -2.25. The molecule has 1 heterocycles. The number of halogens is 1. The first-order valence-electron chi connectivity index (χ1n) is 8.69. The normalized spacial score (nSPS) is 24.0. The summed E-state index contributed by atoms with van der Waals surface area (Å²) in [5, 5.41) is 0.829. The van der Waals surface area contributed by atoms with Crippen LogP contribution in [0.5, 0.6) is 0 Å². The SMILES string of the molecule is Clc1ccc(C2CCC(C3=NCCc4ccccc43)CC2)cc1. The first-order chi connectivity index (χ1) is 11.3. The molecule has 0 saturated heterocycles. The molecule has 2 aromatic rings. The second kappa shape index (κ2) is 6.49. The van der Waals surface area contributed by atoms with E-state index >= 15 is 0 Å². The Morgan fingerprint density at radius 3 is 2.30 bits per heavy atom. The largest absolute Gasteiger partial charge is 0.288 e. The summed E-state index contributed by atoms with van der Waals surface area (Å²) in [5.74, 6) is 1.32. The minimum atomic E-state index is 0.639. The van der Waals surface area contributed by atoms with Gasteiger partial charge in [0.1, 0.15) is 0 Å². The van der Waals surface area contributed by atoms with E-state index in [4.69, 9.17) is 16.6 Å². The fourth-order valence-electron chi connectivity index (χ4n) is 4.15. The lowest BCUT2D eigenvalue weighted by Gasteiger charge is -2.31. The smallest absolute Gasteiger partial charge is 0.0454 e. The summed E-state index contributed by atoms with van der Waals surface area (Å²) in [5.41, 5.74) is 5.71. The number of aliphatic imine (C=N–C) groups is 1. The fourth-order valence-corrected chi connectivity index (χ4v) is 4.28. The van der Waals surface area contributed by atoms with Gasteiger partial charge in [0.05, 0.1) is 0 Å². The van der Waals surface area contributed by atoms with E-state index in [2.05, 4.69) is 36.4 Å². The molecule has 0 radical (unpaired) electrons. The molecule has 2 aromatic carbocycles. The fraction of sp³-hybridized carbons (Fsp3) is 0.381. The predicted octanol–water partition coefficient (Wildman–Crippen LogP) is 5.66. The van der Waals surface area contributed by atoms with Crippen LogP contribution in [0.25, 0.3) is 0 Å². The van der Waals surface area contributed by atoms with Gasteiger partial charge in [-0.15, -0.1) is 0 Å². The van der Waals surface area contributed by atoms with Gasteiger partial charge in [0, 0.05) is 23.2 Å². The summed E-state index contributed by atoms with van der Waals surface area (Å²) in [6.45, 7) is 0.962. The third-order valence-electron chi connectivity index (χ3n) is 5.41. The Labute approximate surface area is 143 Å². The van der Waals surface area contributed by atoms with E-state index in [-0.39, 0.29) is 0 Å². The van der Waals surface area contributed by atoms with Gasteiger partial charge < -0.3 is 0 Å². The van der Waals surface area contributed by atoms with E-state index in [1.807, 2.05) is 12.1 Å². The molecular weight excluding hydrogens is 302 g/mol. The zero-order chi connectivity index (χ0) is 15.6. The summed E-state index contributed by atoms with van der Waals surface area (Å²) < 4.78 is 0. The summed E-state index contributed by atoms with van der Waals surface area (Å²) in [6.07, 6.45) is 6.11. The van der Waals surface area contributed by atoms with Gasteiger partial charge in [0.25, 0.3) is 0 Å². The Hall–Kier alpha value is -1.60. The number of nitrogens with zero attached hydrogens (tertiary/aromatic N) is 1. The standard InChI is InChI=1S/C21H22ClN/c22-19-11-9-16(10-12-19)15-5-7-18(8-6-15)21-20-4-2-1-3-17(20)13-14-23-21/h1-4,9-12,15,18H,5-8,13-14H2. The van der Waals surface area contributed by atoms with Gasteiger partial charge in [0.2, 0.25) is 0 Å². The van der Waals surface area contributed by atoms with Gasteiger partial charge in [-0.05, 0) is 66.8 Å². The second-order valence-corrected chi connectivity index (χ2v) is 7.21. The van der Waals surface area contributed by atoms with E-state index in [1.54, 1.807) is 0 Å². The van der Waals surface area contributed by atoms with Gasteiger partial charge in [-0.3, -0.25) is 4.99 Å². The average molecular weight is 324 g/mol. The highest BCUT2D eigenvalue weighted by Gasteiger charge is 2.28. The monoisotopic (exact) mass is 323 g/mol. The van der Waals surface area contributed by atoms with Crippen LogP contribution in [-0.4, -0.2) is 12.3 Å². The topological polar surface area (TPSA) is 12.4 Å². The Morgan fingerprint density at radius 1 is 0.826 bits per heavy atom. The third-order valence-corrected chi connectivity index (χ3v) is 5.66. The lowest BCUT2D eigenvalue weighted by atomic mass is 9.75. The lowest BCUT2D eigenvalue weighted by molar-refractivity contribution is 0.391. The van der Waals surface area contributed by atoms with Crippen LogP contribution >= 0.6 is 11.6 Å². The van der Waals surface area contributed by atoms with Crippen LogP contribution in [0.15, 0.2) is 53.5 Å². The zero-order valence-electron chi connectivity index (χ0n) is 13.3. The zero-order valence-corrected chi connectivity index (χ0v) is 14.1. The van der Waals surface area contributed by atoms with Crippen molar-refractivity contribution in [2.75, 3.05) is 6.54 Å². The van der Waals surface area contributed by atoms with Crippen molar-refractivity contribution in [3.63, 3.8) is 0 Å². The van der Waals surface area contributed by atoms with Gasteiger partial charge in [0.15, 0.2) is 0 Å². The molecule has 0 N–H and O–H groups in total. The van der Waals surface area contributed by atoms with Gasteiger partial charge >= 0.3 is 0 Å². The first-order valence-corrected chi connectivity index (χ1v) is 9.07. The Kier molecular flexibility index (Phi) is 4.22. The Balaban J connectivity index is 1.48. The minimum absolute atomic E-state index is 0.639. The molecule has 23 heavy (non-hydrogen) atoms. The molecule has 0 amide bonds. The van der Waals surface area contributed by atoms with Crippen LogP contribution in [0.4, 0.5) is 0 Å². The van der Waals surface area contributed by atoms with Crippen molar-refractivity contribution in [3.8, 4) is 0 Å². The quantitative estimate of drug-likeness (QED) is 0.676. The Morgan fingerprint density at radius 2 is 1.52 bits per heavy atom. The molecule has 0 atom stereocenters. The highest BCUT2D eigenvalue weighted by Crippen LogP contribution is 2.38. The van der Waals surface area contributed by atoms with Crippen LogP contribution in [-0.2, 0) is 6.42 Å².